The summed E-state index contributed by atoms with van der Waals surface area (Å²) in [6.07, 6.45) is 0. The zero-order valence-electron chi connectivity index (χ0n) is 8.73. The van der Waals surface area contributed by atoms with Crippen LogP contribution in [0.5, 0.6) is 0 Å². The highest BCUT2D eigenvalue weighted by atomic mass is 16.8. The molecular weight excluding hydrogens is 270 g/mol. The van der Waals surface area contributed by atoms with Crippen molar-refractivity contribution < 1.29 is 19.9 Å². The maximum Gasteiger partial charge on any atom is 0.382 e. The fourth-order valence-electron chi connectivity index (χ4n) is 1.25. The van der Waals surface area contributed by atoms with Crippen molar-refractivity contribution >= 4 is 17.1 Å². The Balaban J connectivity index is 3.63. The van der Waals surface area contributed by atoms with Crippen molar-refractivity contribution in [3.8, 4) is 0 Å². The Bertz CT molecular complexity index is 571. The lowest BCUT2D eigenvalue weighted by Gasteiger charge is -2.04. The Labute approximate surface area is 102 Å². The fourth-order valence-corrected chi connectivity index (χ4v) is 1.25. The minimum atomic E-state index is -1.54. The average molecular weight is 273 g/mol. The first-order chi connectivity index (χ1) is 8.77. The predicted molar refractivity (Wildman–Crippen MR) is 56.2 cm³/mol. The van der Waals surface area contributed by atoms with Crippen LogP contribution in [0.15, 0.2) is 18.2 Å². The zero-order valence-corrected chi connectivity index (χ0v) is 8.73. The van der Waals surface area contributed by atoms with Crippen LogP contribution in [0.2, 0.25) is 0 Å². The summed E-state index contributed by atoms with van der Waals surface area (Å²) in [7, 11) is 0. The number of nitro benzene ring substituents is 2. The Morgan fingerprint density at radius 3 is 1.74 bits per heavy atom. The average Bonchev–Trinajstić information content (AvgIpc) is 2.27. The molecule has 13 nitrogen and oxygen atoms in total. The summed E-state index contributed by atoms with van der Waals surface area (Å²) in [4.78, 5) is 39.8. The number of benzene rings is 1. The highest BCUT2D eigenvalue weighted by Gasteiger charge is 2.42. The summed E-state index contributed by atoms with van der Waals surface area (Å²) in [6.45, 7) is 0. The molecule has 0 N–H and O–H groups in total. The van der Waals surface area contributed by atoms with Crippen LogP contribution in [0.4, 0.5) is 17.1 Å². The van der Waals surface area contributed by atoms with Crippen molar-refractivity contribution in [1.29, 1.82) is 0 Å². The predicted octanol–water partition coefficient (Wildman–Crippen LogP) is 0.693. The van der Waals surface area contributed by atoms with E-state index in [1.54, 1.807) is 0 Å². The van der Waals surface area contributed by atoms with E-state index >= 15 is 0 Å². The fraction of sp³-hybridized carbons (Fsp3) is 0. The summed E-state index contributed by atoms with van der Waals surface area (Å²) in [6, 6.07) is 2.23. The number of hydrazine groups is 2. The summed E-state index contributed by atoms with van der Waals surface area (Å²) < 4.78 is 0. The molecular formula is C6H3N5O8. The lowest BCUT2D eigenvalue weighted by atomic mass is 10.2. The van der Waals surface area contributed by atoms with E-state index in [4.69, 9.17) is 0 Å². The number of nitrogens with zero attached hydrogens (tertiary/aromatic N) is 5. The third-order valence-electron chi connectivity index (χ3n) is 1.90. The first-order valence-corrected chi connectivity index (χ1v) is 4.28. The molecule has 0 radical (unpaired) electrons. The molecule has 100 valence electrons. The summed E-state index contributed by atoms with van der Waals surface area (Å²) >= 11 is 0. The standard InChI is InChI=1S/C6H3N5O8/c12-8(13)5-3-1-2-4(6(5)9(14)15)7(10(16)17)11(18)19/h1-3H. The first kappa shape index (κ1) is 13.7. The van der Waals surface area contributed by atoms with Crippen molar-refractivity contribution in [3.05, 3.63) is 58.7 Å². The molecule has 0 unspecified atom stereocenters. The van der Waals surface area contributed by atoms with Crippen LogP contribution < -0.4 is 5.12 Å². The number of para-hydroxylation sites is 1. The third-order valence-corrected chi connectivity index (χ3v) is 1.90. The monoisotopic (exact) mass is 273 g/mol. The van der Waals surface area contributed by atoms with E-state index in [0.717, 1.165) is 6.07 Å². The molecule has 0 bridgehead atoms. The van der Waals surface area contributed by atoms with Gasteiger partial charge in [-0.2, -0.15) is 0 Å². The number of hydrogen-bond donors (Lipinski definition) is 0. The molecule has 19 heavy (non-hydrogen) atoms. The van der Waals surface area contributed by atoms with Gasteiger partial charge in [0.05, 0.1) is 9.85 Å². The largest absolute Gasteiger partial charge is 0.382 e. The Hall–Kier alpha value is -3.38. The van der Waals surface area contributed by atoms with Gasteiger partial charge in [-0.1, -0.05) is 6.07 Å². The van der Waals surface area contributed by atoms with E-state index in [2.05, 4.69) is 0 Å². The lowest BCUT2D eigenvalue weighted by molar-refractivity contribution is -0.712. The number of hydrogen-bond acceptors (Lipinski definition) is 8. The van der Waals surface area contributed by atoms with Gasteiger partial charge < -0.3 is 0 Å². The second-order valence-corrected chi connectivity index (χ2v) is 2.92. The van der Waals surface area contributed by atoms with Gasteiger partial charge in [-0.15, -0.1) is 0 Å². The third kappa shape index (κ3) is 2.48. The first-order valence-electron chi connectivity index (χ1n) is 4.28. The molecule has 0 heterocycles. The molecule has 0 fully saturated rings. The van der Waals surface area contributed by atoms with E-state index in [1.165, 1.54) is 0 Å². The Morgan fingerprint density at radius 2 is 1.37 bits per heavy atom. The molecule has 0 aliphatic heterocycles. The normalized spacial score (nSPS) is 9.68. The zero-order chi connectivity index (χ0) is 14.7. The highest BCUT2D eigenvalue weighted by molar-refractivity contribution is 5.70. The van der Waals surface area contributed by atoms with Crippen LogP contribution in [-0.2, 0) is 0 Å². The van der Waals surface area contributed by atoms with Gasteiger partial charge >= 0.3 is 11.4 Å². The minimum Gasteiger partial charge on any atom is -0.258 e. The van der Waals surface area contributed by atoms with Gasteiger partial charge in [0.2, 0.25) is 15.2 Å². The van der Waals surface area contributed by atoms with Gasteiger partial charge in [-0.3, -0.25) is 20.2 Å². The molecule has 0 saturated carbocycles. The number of nitro groups is 4. The molecule has 0 aromatic heterocycles. The van der Waals surface area contributed by atoms with Gasteiger partial charge in [0, 0.05) is 6.07 Å². The molecule has 0 aliphatic carbocycles. The van der Waals surface area contributed by atoms with Crippen LogP contribution in [0.3, 0.4) is 0 Å². The van der Waals surface area contributed by atoms with Crippen LogP contribution in [-0.4, -0.2) is 19.9 Å². The van der Waals surface area contributed by atoms with Crippen molar-refractivity contribution in [2.24, 2.45) is 0 Å². The second kappa shape index (κ2) is 4.86. The summed E-state index contributed by atoms with van der Waals surface area (Å²) in [5.74, 6) is 0. The molecule has 1 aromatic carbocycles. The molecule has 1 aromatic rings. The van der Waals surface area contributed by atoms with Crippen molar-refractivity contribution in [2.45, 2.75) is 0 Å². The van der Waals surface area contributed by atoms with Crippen LogP contribution >= 0.6 is 0 Å². The summed E-state index contributed by atoms with van der Waals surface area (Å²) in [5, 5.41) is 38.5. The quantitative estimate of drug-likeness (QED) is 0.551. The second-order valence-electron chi connectivity index (χ2n) is 2.92. The molecule has 0 aliphatic rings. The van der Waals surface area contributed by atoms with Crippen molar-refractivity contribution in [1.82, 2.24) is 0 Å². The molecule has 0 saturated heterocycles. The summed E-state index contributed by atoms with van der Waals surface area (Å²) in [5.41, 5.74) is -3.54. The molecule has 0 atom stereocenters. The Kier molecular flexibility index (Phi) is 3.50. The smallest absolute Gasteiger partial charge is 0.258 e. The van der Waals surface area contributed by atoms with Gasteiger partial charge in [-0.05, 0) is 6.07 Å². The van der Waals surface area contributed by atoms with Crippen LogP contribution in [0, 0.1) is 40.5 Å². The SMILES string of the molecule is O=[N+]([O-])c1cccc(N([N+](=O)[O-])[N+](=O)[O-])c1[N+](=O)[O-]. The van der Waals surface area contributed by atoms with E-state index in [1.807, 2.05) is 0 Å². The highest BCUT2D eigenvalue weighted by Crippen LogP contribution is 2.36. The van der Waals surface area contributed by atoms with Crippen LogP contribution in [0.25, 0.3) is 0 Å². The minimum absolute atomic E-state index is 0.663. The molecule has 1 rings (SSSR count). The van der Waals surface area contributed by atoms with Gasteiger partial charge in [0.1, 0.15) is 0 Å². The lowest BCUT2D eigenvalue weighted by Crippen LogP contribution is -2.36. The Morgan fingerprint density at radius 1 is 0.842 bits per heavy atom. The molecule has 13 heteroatoms. The molecule has 0 spiro atoms. The number of rotatable bonds is 5. The van der Waals surface area contributed by atoms with E-state index in [-0.39, 0.29) is 0 Å². The van der Waals surface area contributed by atoms with E-state index < -0.39 is 42.1 Å². The van der Waals surface area contributed by atoms with Crippen molar-refractivity contribution in [3.63, 3.8) is 0 Å². The molecule has 0 amide bonds. The van der Waals surface area contributed by atoms with Crippen LogP contribution in [0.1, 0.15) is 0 Å². The van der Waals surface area contributed by atoms with E-state index in [0.29, 0.717) is 12.1 Å². The maximum atomic E-state index is 10.7. The maximum absolute atomic E-state index is 10.7. The van der Waals surface area contributed by atoms with E-state index in [9.17, 15) is 40.5 Å². The number of anilines is 1. The van der Waals surface area contributed by atoms with Gasteiger partial charge in [0.25, 0.3) is 5.69 Å². The topological polar surface area (TPSA) is 176 Å². The van der Waals surface area contributed by atoms with Gasteiger partial charge in [0.15, 0.2) is 0 Å². The van der Waals surface area contributed by atoms with Crippen molar-refractivity contribution in [2.75, 3.05) is 5.12 Å². The van der Waals surface area contributed by atoms with Gasteiger partial charge in [-0.25, -0.2) is 20.2 Å².